The summed E-state index contributed by atoms with van der Waals surface area (Å²) in [7, 11) is 0. The number of piperazine rings is 1. The minimum absolute atomic E-state index is 0.513. The van der Waals surface area contributed by atoms with Crippen LogP contribution in [0.2, 0.25) is 0 Å². The maximum absolute atomic E-state index is 12.0. The number of aromatic nitrogens is 1. The van der Waals surface area contributed by atoms with Crippen molar-refractivity contribution in [3.63, 3.8) is 0 Å². The number of carbonyl (C=O) groups excluding carboxylic acids is 1. The van der Waals surface area contributed by atoms with E-state index in [1.54, 1.807) is 18.3 Å². The molecule has 0 atom stereocenters. The summed E-state index contributed by atoms with van der Waals surface area (Å²) in [6.45, 7) is 4.23. The lowest BCUT2D eigenvalue weighted by Crippen LogP contribution is -2.49. The molecule has 6 heteroatoms. The Morgan fingerprint density at radius 2 is 1.74 bits per heavy atom. The van der Waals surface area contributed by atoms with Gasteiger partial charge in [0.1, 0.15) is 11.6 Å². The second kappa shape index (κ2) is 8.39. The summed E-state index contributed by atoms with van der Waals surface area (Å²) in [4.78, 5) is 21.4. The summed E-state index contributed by atoms with van der Waals surface area (Å²) in [6.07, 6.45) is 6.66. The monoisotopic (exact) mass is 366 g/mol. The SMILES string of the molecule is O=C(Nc1ccc(N2CCN(C3CCCC3)CC2)nc1)Oc1ccccc1. The van der Waals surface area contributed by atoms with Gasteiger partial charge in [-0.05, 0) is 37.1 Å². The van der Waals surface area contributed by atoms with Gasteiger partial charge in [-0.3, -0.25) is 10.2 Å². The average molecular weight is 366 g/mol. The molecule has 2 heterocycles. The lowest BCUT2D eigenvalue weighted by atomic mass is 10.2. The number of carbonyl (C=O) groups is 1. The third kappa shape index (κ3) is 4.57. The molecular weight excluding hydrogens is 340 g/mol. The van der Waals surface area contributed by atoms with E-state index in [1.165, 1.54) is 25.7 Å². The molecule has 2 aliphatic rings. The predicted octanol–water partition coefficient (Wildman–Crippen LogP) is 3.76. The van der Waals surface area contributed by atoms with E-state index in [0.29, 0.717) is 11.4 Å². The standard InChI is InChI=1S/C21H26N4O2/c26-21(27-19-8-2-1-3-9-19)23-17-10-11-20(22-16-17)25-14-12-24(13-15-25)18-6-4-5-7-18/h1-3,8-11,16,18H,4-7,12-15H2,(H,23,26). The maximum Gasteiger partial charge on any atom is 0.417 e. The summed E-state index contributed by atoms with van der Waals surface area (Å²) < 4.78 is 5.23. The number of nitrogens with zero attached hydrogens (tertiary/aromatic N) is 3. The molecule has 2 aromatic rings. The van der Waals surface area contributed by atoms with Crippen LogP contribution in [0, 0.1) is 0 Å². The molecule has 1 N–H and O–H groups in total. The lowest BCUT2D eigenvalue weighted by molar-refractivity contribution is 0.187. The fourth-order valence-corrected chi connectivity index (χ4v) is 3.97. The molecule has 1 aromatic carbocycles. The molecule has 4 rings (SSSR count). The Kier molecular flexibility index (Phi) is 5.53. The Labute approximate surface area is 160 Å². The van der Waals surface area contributed by atoms with E-state index in [-0.39, 0.29) is 0 Å². The number of hydrogen-bond donors (Lipinski definition) is 1. The van der Waals surface area contributed by atoms with Crippen LogP contribution in [0.15, 0.2) is 48.7 Å². The van der Waals surface area contributed by atoms with Crippen LogP contribution in [-0.2, 0) is 0 Å². The number of anilines is 2. The van der Waals surface area contributed by atoms with Gasteiger partial charge in [0.15, 0.2) is 0 Å². The van der Waals surface area contributed by atoms with Crippen molar-refractivity contribution in [3.05, 3.63) is 48.7 Å². The first-order valence-corrected chi connectivity index (χ1v) is 9.77. The zero-order valence-electron chi connectivity index (χ0n) is 15.5. The highest BCUT2D eigenvalue weighted by molar-refractivity contribution is 5.86. The summed E-state index contributed by atoms with van der Waals surface area (Å²) in [5.41, 5.74) is 0.629. The summed E-state index contributed by atoms with van der Waals surface area (Å²) >= 11 is 0. The number of hydrogen-bond acceptors (Lipinski definition) is 5. The number of para-hydroxylation sites is 1. The molecule has 0 radical (unpaired) electrons. The lowest BCUT2D eigenvalue weighted by Gasteiger charge is -2.38. The van der Waals surface area contributed by atoms with E-state index >= 15 is 0 Å². The molecule has 6 nitrogen and oxygen atoms in total. The minimum Gasteiger partial charge on any atom is -0.410 e. The first-order chi connectivity index (χ1) is 13.3. The third-order valence-corrected chi connectivity index (χ3v) is 5.43. The number of benzene rings is 1. The fourth-order valence-electron chi connectivity index (χ4n) is 3.97. The summed E-state index contributed by atoms with van der Waals surface area (Å²) in [5, 5.41) is 2.71. The van der Waals surface area contributed by atoms with Gasteiger partial charge in [-0.15, -0.1) is 0 Å². The molecule has 1 saturated heterocycles. The van der Waals surface area contributed by atoms with Crippen molar-refractivity contribution in [2.75, 3.05) is 36.4 Å². The zero-order chi connectivity index (χ0) is 18.5. The molecule has 1 aromatic heterocycles. The first kappa shape index (κ1) is 17.8. The van der Waals surface area contributed by atoms with E-state index in [0.717, 1.165) is 38.0 Å². The molecule has 1 saturated carbocycles. The fraction of sp³-hybridized carbons (Fsp3) is 0.429. The number of amides is 1. The minimum atomic E-state index is -0.513. The highest BCUT2D eigenvalue weighted by Gasteiger charge is 2.26. The maximum atomic E-state index is 12.0. The molecule has 1 amide bonds. The van der Waals surface area contributed by atoms with Crippen molar-refractivity contribution in [3.8, 4) is 5.75 Å². The second-order valence-corrected chi connectivity index (χ2v) is 7.19. The number of nitrogens with one attached hydrogen (secondary N) is 1. The van der Waals surface area contributed by atoms with Gasteiger partial charge in [-0.25, -0.2) is 9.78 Å². The first-order valence-electron chi connectivity index (χ1n) is 9.77. The molecule has 1 aliphatic heterocycles. The van der Waals surface area contributed by atoms with E-state index in [1.807, 2.05) is 30.3 Å². The van der Waals surface area contributed by atoms with Crippen LogP contribution < -0.4 is 15.0 Å². The van der Waals surface area contributed by atoms with Gasteiger partial charge in [0, 0.05) is 32.2 Å². The highest BCUT2D eigenvalue weighted by Crippen LogP contribution is 2.25. The molecule has 0 bridgehead atoms. The smallest absolute Gasteiger partial charge is 0.410 e. The van der Waals surface area contributed by atoms with Crippen molar-refractivity contribution < 1.29 is 9.53 Å². The Bertz CT molecular complexity index is 737. The Morgan fingerprint density at radius 1 is 1.00 bits per heavy atom. The van der Waals surface area contributed by atoms with Crippen molar-refractivity contribution in [2.24, 2.45) is 0 Å². The molecule has 0 unspecified atom stereocenters. The summed E-state index contributed by atoms with van der Waals surface area (Å²) in [6, 6.07) is 13.6. The van der Waals surface area contributed by atoms with Gasteiger partial charge >= 0.3 is 6.09 Å². The van der Waals surface area contributed by atoms with Crippen LogP contribution in [0.1, 0.15) is 25.7 Å². The second-order valence-electron chi connectivity index (χ2n) is 7.19. The third-order valence-electron chi connectivity index (χ3n) is 5.43. The van der Waals surface area contributed by atoms with Crippen molar-refractivity contribution in [1.82, 2.24) is 9.88 Å². The van der Waals surface area contributed by atoms with E-state index in [9.17, 15) is 4.79 Å². The van der Waals surface area contributed by atoms with Crippen LogP contribution in [-0.4, -0.2) is 48.2 Å². The van der Waals surface area contributed by atoms with Crippen LogP contribution in [0.4, 0.5) is 16.3 Å². The quantitative estimate of drug-likeness (QED) is 0.893. The molecule has 2 fully saturated rings. The molecule has 0 spiro atoms. The Balaban J connectivity index is 1.28. The van der Waals surface area contributed by atoms with Crippen molar-refractivity contribution in [2.45, 2.75) is 31.7 Å². The zero-order valence-corrected chi connectivity index (χ0v) is 15.5. The van der Waals surface area contributed by atoms with Crippen LogP contribution in [0.5, 0.6) is 5.75 Å². The topological polar surface area (TPSA) is 57.7 Å². The van der Waals surface area contributed by atoms with Gasteiger partial charge in [-0.1, -0.05) is 31.0 Å². The van der Waals surface area contributed by atoms with Crippen LogP contribution in [0.25, 0.3) is 0 Å². The van der Waals surface area contributed by atoms with Gasteiger partial charge in [0.25, 0.3) is 0 Å². The average Bonchev–Trinajstić information content (AvgIpc) is 3.24. The largest absolute Gasteiger partial charge is 0.417 e. The molecule has 27 heavy (non-hydrogen) atoms. The van der Waals surface area contributed by atoms with Gasteiger partial charge < -0.3 is 9.64 Å². The predicted molar refractivity (Wildman–Crippen MR) is 106 cm³/mol. The molecule has 142 valence electrons. The number of rotatable bonds is 4. The van der Waals surface area contributed by atoms with Crippen molar-refractivity contribution in [1.29, 1.82) is 0 Å². The van der Waals surface area contributed by atoms with E-state index < -0.39 is 6.09 Å². The van der Waals surface area contributed by atoms with E-state index in [2.05, 4.69) is 20.1 Å². The van der Waals surface area contributed by atoms with Crippen LogP contribution >= 0.6 is 0 Å². The van der Waals surface area contributed by atoms with Crippen LogP contribution in [0.3, 0.4) is 0 Å². The van der Waals surface area contributed by atoms with Gasteiger partial charge in [0.05, 0.1) is 11.9 Å². The van der Waals surface area contributed by atoms with Gasteiger partial charge in [0.2, 0.25) is 0 Å². The Morgan fingerprint density at radius 3 is 2.41 bits per heavy atom. The highest BCUT2D eigenvalue weighted by atomic mass is 16.6. The normalized spacial score (nSPS) is 18.4. The van der Waals surface area contributed by atoms with Crippen molar-refractivity contribution >= 4 is 17.6 Å². The Hall–Kier alpha value is -2.60. The number of ether oxygens (including phenoxy) is 1. The molecular formula is C21H26N4O2. The van der Waals surface area contributed by atoms with Gasteiger partial charge in [-0.2, -0.15) is 0 Å². The van der Waals surface area contributed by atoms with E-state index in [4.69, 9.17) is 4.74 Å². The molecule has 1 aliphatic carbocycles. The summed E-state index contributed by atoms with van der Waals surface area (Å²) in [5.74, 6) is 1.47. The number of pyridine rings is 1.